The van der Waals surface area contributed by atoms with Gasteiger partial charge in [0.05, 0.1) is 6.54 Å². The Bertz CT molecular complexity index is 617. The van der Waals surface area contributed by atoms with Crippen molar-refractivity contribution in [3.05, 3.63) is 35.9 Å². The number of hydrogen-bond acceptors (Lipinski definition) is 3. The Balaban J connectivity index is 1.70. The summed E-state index contributed by atoms with van der Waals surface area (Å²) in [4.78, 5) is 7.35. The first kappa shape index (κ1) is 21.1. The summed E-state index contributed by atoms with van der Waals surface area (Å²) in [5, 5.41) is 7.15. The van der Waals surface area contributed by atoms with E-state index in [1.165, 1.54) is 31.2 Å². The fraction of sp³-hybridized carbons (Fsp3) is 0.696. The smallest absolute Gasteiger partial charge is 0.191 e. The third kappa shape index (κ3) is 4.87. The molecule has 1 aliphatic carbocycles. The number of rotatable bonds is 7. The highest BCUT2D eigenvalue weighted by Gasteiger charge is 2.36. The lowest BCUT2D eigenvalue weighted by molar-refractivity contribution is -0.00255. The second-order valence-corrected chi connectivity index (χ2v) is 8.63. The number of nitrogens with one attached hydrogen (secondary N) is 2. The van der Waals surface area contributed by atoms with Crippen LogP contribution in [-0.2, 0) is 10.2 Å². The minimum atomic E-state index is 0.102. The Hall–Kier alpha value is -1.59. The molecule has 1 aromatic rings. The summed E-state index contributed by atoms with van der Waals surface area (Å²) < 4.78 is 5.60. The lowest BCUT2D eigenvalue weighted by Gasteiger charge is -2.41. The molecule has 5 heteroatoms. The van der Waals surface area contributed by atoms with Crippen molar-refractivity contribution in [1.82, 2.24) is 15.5 Å². The molecule has 1 saturated heterocycles. The van der Waals surface area contributed by atoms with E-state index < -0.39 is 0 Å². The Morgan fingerprint density at radius 2 is 1.71 bits per heavy atom. The van der Waals surface area contributed by atoms with Gasteiger partial charge in [0.25, 0.3) is 0 Å². The molecule has 5 nitrogen and oxygen atoms in total. The molecule has 2 N–H and O–H groups in total. The van der Waals surface area contributed by atoms with Gasteiger partial charge in [0.15, 0.2) is 5.96 Å². The molecule has 0 bridgehead atoms. The van der Waals surface area contributed by atoms with E-state index in [1.54, 1.807) is 0 Å². The third-order valence-corrected chi connectivity index (χ3v) is 6.79. The second-order valence-electron chi connectivity index (χ2n) is 8.63. The molecule has 0 radical (unpaired) electrons. The van der Waals surface area contributed by atoms with Gasteiger partial charge in [-0.25, -0.2) is 0 Å². The first-order valence-electron chi connectivity index (χ1n) is 10.9. The van der Waals surface area contributed by atoms with Gasteiger partial charge in [-0.2, -0.15) is 0 Å². The van der Waals surface area contributed by atoms with Gasteiger partial charge in [-0.05, 0) is 52.3 Å². The molecule has 1 saturated carbocycles. The third-order valence-electron chi connectivity index (χ3n) is 6.79. The van der Waals surface area contributed by atoms with Crippen molar-refractivity contribution in [3.63, 3.8) is 0 Å². The summed E-state index contributed by atoms with van der Waals surface area (Å²) in [5.41, 5.74) is 1.80. The molecule has 2 fully saturated rings. The van der Waals surface area contributed by atoms with Crippen molar-refractivity contribution >= 4 is 5.96 Å². The quantitative estimate of drug-likeness (QED) is 0.558. The SMILES string of the molecule is CCNC(=NCC1(N(C)C)CCOCC1)NCC1(c2ccccc2)CCCC1. The molecule has 28 heavy (non-hydrogen) atoms. The minimum absolute atomic E-state index is 0.102. The van der Waals surface area contributed by atoms with E-state index in [2.05, 4.69) is 66.9 Å². The molecule has 1 aliphatic heterocycles. The van der Waals surface area contributed by atoms with Crippen molar-refractivity contribution < 1.29 is 4.74 Å². The van der Waals surface area contributed by atoms with Crippen LogP contribution in [-0.4, -0.2) is 63.3 Å². The van der Waals surface area contributed by atoms with Gasteiger partial charge in [0.1, 0.15) is 0 Å². The monoisotopic (exact) mass is 386 g/mol. The van der Waals surface area contributed by atoms with Crippen molar-refractivity contribution in [1.29, 1.82) is 0 Å². The Labute approximate surface area is 170 Å². The average molecular weight is 387 g/mol. The van der Waals surface area contributed by atoms with E-state index in [0.29, 0.717) is 0 Å². The predicted molar refractivity (Wildman–Crippen MR) is 117 cm³/mol. The summed E-state index contributed by atoms with van der Waals surface area (Å²) in [5.74, 6) is 0.942. The van der Waals surface area contributed by atoms with Crippen LogP contribution in [0, 0.1) is 0 Å². The largest absolute Gasteiger partial charge is 0.381 e. The first-order valence-corrected chi connectivity index (χ1v) is 10.9. The zero-order valence-corrected chi connectivity index (χ0v) is 18.0. The lowest BCUT2D eigenvalue weighted by Crippen LogP contribution is -2.52. The highest BCUT2D eigenvalue weighted by Crippen LogP contribution is 2.40. The molecular formula is C23H38N4O. The van der Waals surface area contributed by atoms with E-state index in [4.69, 9.17) is 9.73 Å². The van der Waals surface area contributed by atoms with Crippen LogP contribution >= 0.6 is 0 Å². The highest BCUT2D eigenvalue weighted by atomic mass is 16.5. The van der Waals surface area contributed by atoms with E-state index in [9.17, 15) is 0 Å². The molecule has 156 valence electrons. The fourth-order valence-electron chi connectivity index (χ4n) is 4.73. The maximum atomic E-state index is 5.60. The number of ether oxygens (including phenoxy) is 1. The van der Waals surface area contributed by atoms with Crippen molar-refractivity contribution in [2.45, 2.75) is 56.4 Å². The number of guanidine groups is 1. The van der Waals surface area contributed by atoms with Crippen LogP contribution in [0.1, 0.15) is 51.0 Å². The average Bonchev–Trinajstić information content (AvgIpc) is 3.21. The Morgan fingerprint density at radius 1 is 1.04 bits per heavy atom. The summed E-state index contributed by atoms with van der Waals surface area (Å²) in [6, 6.07) is 11.0. The van der Waals surface area contributed by atoms with Crippen molar-refractivity contribution in [2.75, 3.05) is 46.9 Å². The zero-order chi connectivity index (χ0) is 19.9. The van der Waals surface area contributed by atoms with Crippen LogP contribution in [0.4, 0.5) is 0 Å². The number of hydrogen-bond donors (Lipinski definition) is 2. The molecule has 0 aromatic heterocycles. The standard InChI is InChI=1S/C23H38N4O/c1-4-24-21(26-19-23(27(2)3)14-16-28-17-15-23)25-18-22(12-8-9-13-22)20-10-6-5-7-11-20/h5-7,10-11H,4,8-9,12-19H2,1-3H3,(H2,24,25,26). The molecule has 2 aliphatic rings. The van der Waals surface area contributed by atoms with Crippen molar-refractivity contribution in [2.24, 2.45) is 4.99 Å². The second kappa shape index (κ2) is 9.75. The summed E-state index contributed by atoms with van der Waals surface area (Å²) in [6.07, 6.45) is 7.21. The van der Waals surface area contributed by atoms with Crippen LogP contribution in [0.3, 0.4) is 0 Å². The van der Waals surface area contributed by atoms with Crippen LogP contribution in [0.15, 0.2) is 35.3 Å². The van der Waals surface area contributed by atoms with E-state index >= 15 is 0 Å². The Kier molecular flexibility index (Phi) is 7.36. The topological polar surface area (TPSA) is 48.9 Å². The first-order chi connectivity index (χ1) is 13.6. The molecular weight excluding hydrogens is 348 g/mol. The maximum Gasteiger partial charge on any atom is 0.191 e. The molecule has 0 amide bonds. The minimum Gasteiger partial charge on any atom is -0.381 e. The molecule has 3 rings (SSSR count). The van der Waals surface area contributed by atoms with Gasteiger partial charge in [0, 0.05) is 37.3 Å². The summed E-state index contributed by atoms with van der Waals surface area (Å²) >= 11 is 0. The molecule has 1 aromatic carbocycles. The Morgan fingerprint density at radius 3 is 2.32 bits per heavy atom. The number of aliphatic imine (C=N–C) groups is 1. The molecule has 1 heterocycles. The van der Waals surface area contributed by atoms with E-state index in [1.807, 2.05) is 0 Å². The maximum absolute atomic E-state index is 5.60. The number of nitrogens with zero attached hydrogens (tertiary/aromatic N) is 2. The molecule has 0 spiro atoms. The fourth-order valence-corrected chi connectivity index (χ4v) is 4.73. The van der Waals surface area contributed by atoms with E-state index in [-0.39, 0.29) is 11.0 Å². The normalized spacial score (nSPS) is 21.6. The molecule has 0 unspecified atom stereocenters. The van der Waals surface area contributed by atoms with Gasteiger partial charge in [0.2, 0.25) is 0 Å². The number of likely N-dealkylation sites (N-methyl/N-ethyl adjacent to an activating group) is 1. The van der Waals surface area contributed by atoms with Crippen LogP contribution < -0.4 is 10.6 Å². The van der Waals surface area contributed by atoms with Crippen molar-refractivity contribution in [3.8, 4) is 0 Å². The number of benzene rings is 1. The van der Waals surface area contributed by atoms with Gasteiger partial charge < -0.3 is 20.3 Å². The zero-order valence-electron chi connectivity index (χ0n) is 18.0. The summed E-state index contributed by atoms with van der Waals surface area (Å²) in [7, 11) is 4.34. The van der Waals surface area contributed by atoms with Gasteiger partial charge in [-0.15, -0.1) is 0 Å². The van der Waals surface area contributed by atoms with Gasteiger partial charge >= 0.3 is 0 Å². The molecule has 0 atom stereocenters. The lowest BCUT2D eigenvalue weighted by atomic mass is 9.79. The van der Waals surface area contributed by atoms with Crippen LogP contribution in [0.25, 0.3) is 0 Å². The van der Waals surface area contributed by atoms with Gasteiger partial charge in [-0.1, -0.05) is 43.2 Å². The summed E-state index contributed by atoms with van der Waals surface area (Å²) in [6.45, 7) is 6.42. The predicted octanol–water partition coefficient (Wildman–Crippen LogP) is 3.16. The van der Waals surface area contributed by atoms with Crippen LogP contribution in [0.2, 0.25) is 0 Å². The van der Waals surface area contributed by atoms with Gasteiger partial charge in [-0.3, -0.25) is 4.99 Å². The van der Waals surface area contributed by atoms with Crippen LogP contribution in [0.5, 0.6) is 0 Å². The highest BCUT2D eigenvalue weighted by molar-refractivity contribution is 5.80. The van der Waals surface area contributed by atoms with E-state index in [0.717, 1.165) is 51.6 Å².